The van der Waals surface area contributed by atoms with E-state index in [1.807, 2.05) is 49.4 Å². The zero-order chi connectivity index (χ0) is 29.2. The molecule has 1 aromatic heterocycles. The van der Waals surface area contributed by atoms with Crippen LogP contribution < -0.4 is 14.2 Å². The third kappa shape index (κ3) is 5.19. The van der Waals surface area contributed by atoms with Crippen LogP contribution >= 0.6 is 0 Å². The van der Waals surface area contributed by atoms with Crippen LogP contribution in [0.4, 0.5) is 0 Å². The van der Waals surface area contributed by atoms with Gasteiger partial charge in [0.1, 0.15) is 24.2 Å². The highest BCUT2D eigenvalue weighted by Crippen LogP contribution is 2.43. The SMILES string of the molecule is COc1cc(C2/C(=C(\O)c3ccc4c(c3)CC(C)O4)C(=O)C(=O)N2Cc2cccnc2)ccc1OCc1ccccc1. The highest BCUT2D eigenvalue weighted by molar-refractivity contribution is 6.46. The average Bonchev–Trinajstić information content (AvgIpc) is 3.51. The van der Waals surface area contributed by atoms with E-state index in [9.17, 15) is 14.7 Å². The number of hydrogen-bond donors (Lipinski definition) is 1. The second-order valence-corrected chi connectivity index (χ2v) is 10.4. The van der Waals surface area contributed by atoms with E-state index in [0.717, 1.165) is 22.4 Å². The van der Waals surface area contributed by atoms with Crippen LogP contribution in [-0.2, 0) is 29.2 Å². The van der Waals surface area contributed by atoms with Crippen LogP contribution in [0.5, 0.6) is 17.2 Å². The molecule has 1 N–H and O–H groups in total. The van der Waals surface area contributed by atoms with Gasteiger partial charge in [-0.2, -0.15) is 0 Å². The molecule has 1 amide bonds. The number of aliphatic hydroxyl groups excluding tert-OH is 1. The summed E-state index contributed by atoms with van der Waals surface area (Å²) in [6.45, 7) is 2.45. The molecule has 0 spiro atoms. The molecule has 4 aromatic rings. The normalized spacial score (nSPS) is 19.0. The molecule has 212 valence electrons. The molecule has 2 atom stereocenters. The first kappa shape index (κ1) is 27.1. The molecule has 8 heteroatoms. The smallest absolute Gasteiger partial charge is 0.295 e. The number of aromatic nitrogens is 1. The van der Waals surface area contributed by atoms with Gasteiger partial charge in [0.05, 0.1) is 18.7 Å². The lowest BCUT2D eigenvalue weighted by molar-refractivity contribution is -0.140. The summed E-state index contributed by atoms with van der Waals surface area (Å²) in [4.78, 5) is 32.7. The summed E-state index contributed by atoms with van der Waals surface area (Å²) in [5, 5.41) is 11.6. The summed E-state index contributed by atoms with van der Waals surface area (Å²) in [6, 6.07) is 23.1. The van der Waals surface area contributed by atoms with E-state index < -0.39 is 17.7 Å². The molecule has 0 radical (unpaired) electrons. The van der Waals surface area contributed by atoms with E-state index in [2.05, 4.69) is 4.98 Å². The minimum absolute atomic E-state index is 0.0100. The Hall–Kier alpha value is -5.11. The average molecular weight is 563 g/mol. The van der Waals surface area contributed by atoms with E-state index in [-0.39, 0.29) is 24.0 Å². The number of ether oxygens (including phenoxy) is 3. The van der Waals surface area contributed by atoms with Crippen LogP contribution in [0.3, 0.4) is 0 Å². The number of amides is 1. The molecule has 1 saturated heterocycles. The van der Waals surface area contributed by atoms with Crippen LogP contribution in [-0.4, -0.2) is 39.9 Å². The van der Waals surface area contributed by atoms with Gasteiger partial charge in [0.25, 0.3) is 11.7 Å². The maximum absolute atomic E-state index is 13.6. The molecule has 3 aromatic carbocycles. The third-order valence-electron chi connectivity index (χ3n) is 7.53. The summed E-state index contributed by atoms with van der Waals surface area (Å²) in [5.74, 6) is 0.0177. The van der Waals surface area contributed by atoms with Gasteiger partial charge in [0.2, 0.25) is 0 Å². The summed E-state index contributed by atoms with van der Waals surface area (Å²) >= 11 is 0. The minimum atomic E-state index is -0.870. The Kier molecular flexibility index (Phi) is 7.35. The zero-order valence-corrected chi connectivity index (χ0v) is 23.3. The van der Waals surface area contributed by atoms with E-state index in [4.69, 9.17) is 14.2 Å². The molecular formula is C34H30N2O6. The Morgan fingerprint density at radius 1 is 1.00 bits per heavy atom. The van der Waals surface area contributed by atoms with Crippen LogP contribution in [0, 0.1) is 0 Å². The highest BCUT2D eigenvalue weighted by atomic mass is 16.5. The van der Waals surface area contributed by atoms with Gasteiger partial charge < -0.3 is 24.2 Å². The zero-order valence-electron chi connectivity index (χ0n) is 23.3. The molecule has 1 fully saturated rings. The molecule has 3 heterocycles. The summed E-state index contributed by atoms with van der Waals surface area (Å²) in [7, 11) is 1.54. The predicted octanol–water partition coefficient (Wildman–Crippen LogP) is 5.61. The fourth-order valence-electron chi connectivity index (χ4n) is 5.51. The number of carbonyl (C=O) groups excluding carboxylic acids is 2. The number of Topliss-reactive ketones (excluding diaryl/α,β-unsaturated/α-hetero) is 1. The van der Waals surface area contributed by atoms with Crippen molar-refractivity contribution < 1.29 is 28.9 Å². The number of nitrogens with zero attached hydrogens (tertiary/aromatic N) is 2. The molecule has 0 saturated carbocycles. The van der Waals surface area contributed by atoms with Gasteiger partial charge in [-0.1, -0.05) is 42.5 Å². The van der Waals surface area contributed by atoms with Gasteiger partial charge in [0.15, 0.2) is 11.5 Å². The number of ketones is 1. The maximum Gasteiger partial charge on any atom is 0.295 e. The number of pyridine rings is 1. The summed E-state index contributed by atoms with van der Waals surface area (Å²) in [6.07, 6.45) is 4.01. The first-order valence-electron chi connectivity index (χ1n) is 13.7. The van der Waals surface area contributed by atoms with E-state index in [1.54, 1.807) is 48.8 Å². The Labute approximate surface area is 243 Å². The molecule has 42 heavy (non-hydrogen) atoms. The van der Waals surface area contributed by atoms with Crippen molar-refractivity contribution >= 4 is 17.4 Å². The number of rotatable bonds is 8. The van der Waals surface area contributed by atoms with Crippen LogP contribution in [0.1, 0.15) is 40.8 Å². The Balaban J connectivity index is 1.41. The molecule has 2 aliphatic rings. The predicted molar refractivity (Wildman–Crippen MR) is 156 cm³/mol. The largest absolute Gasteiger partial charge is 0.507 e. The molecule has 2 aliphatic heterocycles. The van der Waals surface area contributed by atoms with Crippen LogP contribution in [0.2, 0.25) is 0 Å². The van der Waals surface area contributed by atoms with Crippen molar-refractivity contribution in [3.63, 3.8) is 0 Å². The van der Waals surface area contributed by atoms with Crippen molar-refractivity contribution in [2.24, 2.45) is 0 Å². The van der Waals surface area contributed by atoms with Crippen molar-refractivity contribution in [1.82, 2.24) is 9.88 Å². The molecule has 0 bridgehead atoms. The molecule has 2 unspecified atom stereocenters. The van der Waals surface area contributed by atoms with Crippen molar-refractivity contribution in [2.45, 2.75) is 38.6 Å². The van der Waals surface area contributed by atoms with E-state index in [0.29, 0.717) is 35.7 Å². The number of aliphatic hydroxyl groups is 1. The standard InChI is InChI=1S/C34H30N2O6/c1-21-15-26-16-25(11-12-27(26)42-21)32(37)30-31(36(34(39)33(30)38)19-23-9-6-14-35-18-23)24-10-13-28(29(17-24)40-2)41-20-22-7-4-3-5-8-22/h3-14,16-18,21,31,37H,15,19-20H2,1-2H3/b32-30+. The van der Waals surface area contributed by atoms with Crippen molar-refractivity contribution in [3.05, 3.63) is 125 Å². The molecule has 8 nitrogen and oxygen atoms in total. The van der Waals surface area contributed by atoms with Gasteiger partial charge in [-0.05, 0) is 65.6 Å². The lowest BCUT2D eigenvalue weighted by Crippen LogP contribution is -2.29. The summed E-state index contributed by atoms with van der Waals surface area (Å²) in [5.41, 5.74) is 3.75. The Morgan fingerprint density at radius 2 is 1.81 bits per heavy atom. The summed E-state index contributed by atoms with van der Waals surface area (Å²) < 4.78 is 17.5. The van der Waals surface area contributed by atoms with Crippen LogP contribution in [0.15, 0.2) is 96.8 Å². The quantitative estimate of drug-likeness (QED) is 0.169. The molecular weight excluding hydrogens is 532 g/mol. The number of benzene rings is 3. The molecule has 6 rings (SSSR count). The van der Waals surface area contributed by atoms with E-state index in [1.165, 1.54) is 12.0 Å². The number of methoxy groups -OCH3 is 1. The van der Waals surface area contributed by atoms with Gasteiger partial charge in [0, 0.05) is 30.9 Å². The van der Waals surface area contributed by atoms with Gasteiger partial charge >= 0.3 is 0 Å². The van der Waals surface area contributed by atoms with E-state index >= 15 is 0 Å². The number of carbonyl (C=O) groups is 2. The van der Waals surface area contributed by atoms with Gasteiger partial charge in [-0.3, -0.25) is 14.6 Å². The number of hydrogen-bond acceptors (Lipinski definition) is 7. The number of fused-ring (bicyclic) bond motifs is 1. The Morgan fingerprint density at radius 3 is 2.57 bits per heavy atom. The molecule has 0 aliphatic carbocycles. The first-order valence-corrected chi connectivity index (χ1v) is 13.7. The van der Waals surface area contributed by atoms with Gasteiger partial charge in [-0.15, -0.1) is 0 Å². The van der Waals surface area contributed by atoms with Crippen LogP contribution in [0.25, 0.3) is 5.76 Å². The van der Waals surface area contributed by atoms with Crippen molar-refractivity contribution in [3.8, 4) is 17.2 Å². The number of likely N-dealkylation sites (tertiary alicyclic amines) is 1. The van der Waals surface area contributed by atoms with Crippen molar-refractivity contribution in [1.29, 1.82) is 0 Å². The second kappa shape index (κ2) is 11.4. The topological polar surface area (TPSA) is 98.2 Å². The fourth-order valence-corrected chi connectivity index (χ4v) is 5.51. The maximum atomic E-state index is 13.6. The highest BCUT2D eigenvalue weighted by Gasteiger charge is 2.46. The fraction of sp³-hybridized carbons (Fsp3) is 0.206. The second-order valence-electron chi connectivity index (χ2n) is 10.4. The monoisotopic (exact) mass is 562 g/mol. The Bertz CT molecular complexity index is 1670. The first-order chi connectivity index (χ1) is 20.4. The third-order valence-corrected chi connectivity index (χ3v) is 7.53. The lowest BCUT2D eigenvalue weighted by Gasteiger charge is -2.26. The lowest BCUT2D eigenvalue weighted by atomic mass is 9.94. The van der Waals surface area contributed by atoms with Crippen molar-refractivity contribution in [2.75, 3.05) is 7.11 Å². The minimum Gasteiger partial charge on any atom is -0.507 e. The van der Waals surface area contributed by atoms with Gasteiger partial charge in [-0.25, -0.2) is 0 Å².